The van der Waals surface area contributed by atoms with E-state index in [1.807, 2.05) is 0 Å². The first kappa shape index (κ1) is 9.36. The summed E-state index contributed by atoms with van der Waals surface area (Å²) >= 11 is 0. The van der Waals surface area contributed by atoms with Gasteiger partial charge in [-0.2, -0.15) is 0 Å². The smallest absolute Gasteiger partial charge is 0.0841 e. The molecule has 0 unspecified atom stereocenters. The van der Waals surface area contributed by atoms with Crippen molar-refractivity contribution in [3.05, 3.63) is 0 Å². The summed E-state index contributed by atoms with van der Waals surface area (Å²) in [6.07, 6.45) is -0.167. The average Bonchev–Trinajstić information content (AvgIpc) is 1.41. The van der Waals surface area contributed by atoms with Gasteiger partial charge in [-0.3, -0.25) is 0 Å². The van der Waals surface area contributed by atoms with E-state index in [2.05, 4.69) is 0 Å². The van der Waals surface area contributed by atoms with Crippen molar-refractivity contribution in [1.29, 1.82) is 5.05 Å². The van der Waals surface area contributed by atoms with E-state index in [1.165, 1.54) is 0 Å². The molecular weight excluding hydrogens is 94.1 g/mol. The molecule has 0 radical (unpaired) electrons. The predicted octanol–water partition coefficient (Wildman–Crippen LogP) is -0.231. The fraction of sp³-hybridized carbons (Fsp3) is 1.00. The van der Waals surface area contributed by atoms with Gasteiger partial charge < -0.3 is 10.2 Å². The molecule has 0 rings (SSSR count). The third kappa shape index (κ3) is 65900. The van der Waals surface area contributed by atoms with Gasteiger partial charge in [-0.25, -0.2) is 0 Å². The molecular formula is C3H11NOSi. The van der Waals surface area contributed by atoms with Crippen molar-refractivity contribution in [3.8, 4) is 0 Å². The highest BCUT2D eigenvalue weighted by molar-refractivity contribution is 5.88. The fourth-order valence-electron chi connectivity index (χ4n) is 0. The Hall–Kier alpha value is -0.0231. The van der Waals surface area contributed by atoms with E-state index in [0.717, 1.165) is 10.0 Å². The number of aliphatic hydroxyl groups is 1. The van der Waals surface area contributed by atoms with Gasteiger partial charge in [0.15, 0.2) is 0 Å². The summed E-state index contributed by atoms with van der Waals surface area (Å²) in [5.41, 5.74) is 0. The summed E-state index contributed by atoms with van der Waals surface area (Å²) in [7, 11) is 1.11. The van der Waals surface area contributed by atoms with Gasteiger partial charge in [-0.1, -0.05) is 0 Å². The van der Waals surface area contributed by atoms with Gasteiger partial charge in [-0.05, 0) is 13.8 Å². The van der Waals surface area contributed by atoms with Crippen LogP contribution >= 0.6 is 0 Å². The zero-order chi connectivity index (χ0) is 5.58. The van der Waals surface area contributed by atoms with E-state index < -0.39 is 0 Å². The second kappa shape index (κ2) is 8.88. The van der Waals surface area contributed by atoms with E-state index in [0.29, 0.717) is 0 Å². The van der Waals surface area contributed by atoms with Crippen LogP contribution in [0.5, 0.6) is 0 Å². The lowest BCUT2D eigenvalue weighted by Crippen LogP contribution is -1.85. The summed E-state index contributed by atoms with van der Waals surface area (Å²) < 4.78 is 0. The zero-order valence-electron chi connectivity index (χ0n) is 4.23. The van der Waals surface area contributed by atoms with Gasteiger partial charge in [0.05, 0.1) is 10.0 Å². The van der Waals surface area contributed by atoms with Crippen LogP contribution in [0.3, 0.4) is 0 Å². The molecule has 0 saturated heterocycles. The summed E-state index contributed by atoms with van der Waals surface area (Å²) in [5.74, 6) is 0. The lowest BCUT2D eigenvalue weighted by atomic mass is 10.5. The van der Waals surface area contributed by atoms with E-state index in [1.54, 1.807) is 13.8 Å². The first-order chi connectivity index (χ1) is 2.73. The first-order valence-electron chi connectivity index (χ1n) is 1.77. The third-order valence-corrected chi connectivity index (χ3v) is 0. The highest BCUT2D eigenvalue weighted by atomic mass is 28.1. The van der Waals surface area contributed by atoms with Crippen molar-refractivity contribution in [3.63, 3.8) is 0 Å². The minimum atomic E-state index is -0.167. The van der Waals surface area contributed by atoms with Crippen molar-refractivity contribution in [2.24, 2.45) is 0 Å². The Kier molecular flexibility index (Phi) is 13.9. The Morgan fingerprint density at radius 2 is 1.50 bits per heavy atom. The molecule has 0 aromatic rings. The quantitative estimate of drug-likeness (QED) is 0.411. The summed E-state index contributed by atoms with van der Waals surface area (Å²) in [4.78, 5) is 0. The first-order valence-corrected chi connectivity index (χ1v) is 2.47. The number of hydrogen-bond acceptors (Lipinski definition) is 2. The maximum atomic E-state index is 8.06. The van der Waals surface area contributed by atoms with Gasteiger partial charge in [0.1, 0.15) is 0 Å². The number of rotatable bonds is 0. The van der Waals surface area contributed by atoms with Crippen LogP contribution in [-0.2, 0) is 0 Å². The maximum absolute atomic E-state index is 8.06. The van der Waals surface area contributed by atoms with E-state index in [-0.39, 0.29) is 6.10 Å². The molecule has 0 fully saturated rings. The van der Waals surface area contributed by atoms with Gasteiger partial charge in [-0.15, -0.1) is 0 Å². The average molecular weight is 105 g/mol. The Morgan fingerprint density at radius 1 is 1.50 bits per heavy atom. The third-order valence-electron chi connectivity index (χ3n) is 0. The van der Waals surface area contributed by atoms with Crippen molar-refractivity contribution in [1.82, 2.24) is 0 Å². The van der Waals surface area contributed by atoms with Gasteiger partial charge in [0.2, 0.25) is 0 Å². The Bertz CT molecular complexity index is 22.0. The molecule has 2 nitrogen and oxygen atoms in total. The number of hydrogen-bond donors (Lipinski definition) is 2. The molecule has 0 aliphatic rings. The van der Waals surface area contributed by atoms with Gasteiger partial charge in [0.25, 0.3) is 0 Å². The molecule has 38 valence electrons. The monoisotopic (exact) mass is 105 g/mol. The molecule has 6 heavy (non-hydrogen) atoms. The summed E-state index contributed by atoms with van der Waals surface area (Å²) in [6, 6.07) is 0. The highest BCUT2D eigenvalue weighted by Crippen LogP contribution is 1.65. The standard InChI is InChI=1S/C3H8O.H3NSi/c1-3(2)4;1-2/h3-4H,1-2H3;1H,2H2. The fourth-order valence-corrected chi connectivity index (χ4v) is 0. The largest absolute Gasteiger partial charge is 0.394 e. The van der Waals surface area contributed by atoms with Crippen LogP contribution in [-0.4, -0.2) is 21.2 Å². The van der Waals surface area contributed by atoms with E-state index >= 15 is 0 Å². The van der Waals surface area contributed by atoms with Crippen LogP contribution < -0.4 is 0 Å². The lowest BCUT2D eigenvalue weighted by Gasteiger charge is -1.80. The topological polar surface area (TPSA) is 44.1 Å². The second-order valence-corrected chi connectivity index (χ2v) is 1.09. The van der Waals surface area contributed by atoms with Gasteiger partial charge in [0, 0.05) is 6.10 Å². The molecule has 0 aromatic carbocycles. The molecule has 3 heteroatoms. The SMILES string of the molecule is CC(C)O.N=[SiH2]. The van der Waals surface area contributed by atoms with Crippen molar-refractivity contribution in [2.45, 2.75) is 20.0 Å². The normalized spacial score (nSPS) is 6.67. The summed E-state index contributed by atoms with van der Waals surface area (Å²) in [5, 5.41) is 13.8. The van der Waals surface area contributed by atoms with Gasteiger partial charge >= 0.3 is 0 Å². The molecule has 0 bridgehead atoms. The Labute approximate surface area is 41.1 Å². The molecule has 0 aliphatic carbocycles. The van der Waals surface area contributed by atoms with E-state index in [4.69, 9.17) is 10.2 Å². The molecule has 0 aromatic heterocycles. The molecule has 0 heterocycles. The van der Waals surface area contributed by atoms with Crippen molar-refractivity contribution >= 4 is 10.0 Å². The zero-order valence-corrected chi connectivity index (χ0v) is 5.65. The molecule has 2 N–H and O–H groups in total. The predicted molar refractivity (Wildman–Crippen MR) is 28.6 cm³/mol. The van der Waals surface area contributed by atoms with Crippen LogP contribution in [0, 0.1) is 5.05 Å². The summed E-state index contributed by atoms with van der Waals surface area (Å²) in [6.45, 7) is 3.44. The molecule has 0 saturated carbocycles. The number of aliphatic hydroxyl groups excluding tert-OH is 1. The Balaban J connectivity index is 0. The van der Waals surface area contributed by atoms with Crippen LogP contribution in [0.25, 0.3) is 0 Å². The molecule has 0 aliphatic heterocycles. The lowest BCUT2D eigenvalue weighted by molar-refractivity contribution is 0.216. The van der Waals surface area contributed by atoms with E-state index in [9.17, 15) is 0 Å². The van der Waals surface area contributed by atoms with Crippen molar-refractivity contribution in [2.75, 3.05) is 0 Å². The minimum absolute atomic E-state index is 0.167. The number of nitrogens with one attached hydrogen (secondary N) is 1. The maximum Gasteiger partial charge on any atom is 0.0841 e. The van der Waals surface area contributed by atoms with Crippen molar-refractivity contribution < 1.29 is 5.11 Å². The van der Waals surface area contributed by atoms with Crippen LogP contribution in [0.15, 0.2) is 0 Å². The van der Waals surface area contributed by atoms with Crippen LogP contribution in [0.1, 0.15) is 13.8 Å². The highest BCUT2D eigenvalue weighted by Gasteiger charge is 1.69. The second-order valence-electron chi connectivity index (χ2n) is 1.09. The molecule has 0 amide bonds. The van der Waals surface area contributed by atoms with Crippen LogP contribution in [0.4, 0.5) is 0 Å². The molecule has 0 atom stereocenters. The van der Waals surface area contributed by atoms with Crippen LogP contribution in [0.2, 0.25) is 0 Å². The molecule has 0 spiro atoms. The minimum Gasteiger partial charge on any atom is -0.394 e. The Morgan fingerprint density at radius 3 is 1.50 bits per heavy atom.